The number of aryl methyl sites for hydroxylation is 4. The lowest BCUT2D eigenvalue weighted by Crippen LogP contribution is -2.47. The van der Waals surface area contributed by atoms with Gasteiger partial charge in [-0.2, -0.15) is 0 Å². The maximum absolute atomic E-state index is 11.1. The minimum Gasteiger partial charge on any atom is -0.369 e. The smallest absolute Gasteiger partial charge is 0.150 e. The quantitative estimate of drug-likeness (QED) is 0.752. The molecule has 2 aromatic rings. The van der Waals surface area contributed by atoms with E-state index in [9.17, 15) is 4.79 Å². The van der Waals surface area contributed by atoms with E-state index < -0.39 is 0 Å². The summed E-state index contributed by atoms with van der Waals surface area (Å²) in [6.07, 6.45) is 0.938. The average molecular weight is 351 g/mol. The van der Waals surface area contributed by atoms with Gasteiger partial charge in [-0.1, -0.05) is 23.8 Å². The summed E-state index contributed by atoms with van der Waals surface area (Å²) < 4.78 is 0. The molecule has 1 saturated heterocycles. The Bertz CT molecular complexity index is 781. The molecule has 3 nitrogen and oxygen atoms in total. The standard InChI is InChI=1S/C23H30N2O/c1-16-6-7-22(17(2)12-16)20(5)24-8-10-25(11-9-24)23-18(3)13-21(15-26)14-19(23)4/h6-7,12-15,20H,8-11H2,1-5H3. The number of hydrogen-bond donors (Lipinski definition) is 0. The Morgan fingerprint density at radius 2 is 1.50 bits per heavy atom. The van der Waals surface area contributed by atoms with Crippen molar-refractivity contribution in [2.24, 2.45) is 0 Å². The van der Waals surface area contributed by atoms with Crippen molar-refractivity contribution in [3.8, 4) is 0 Å². The van der Waals surface area contributed by atoms with Gasteiger partial charge in [0.25, 0.3) is 0 Å². The van der Waals surface area contributed by atoms with Gasteiger partial charge in [0.05, 0.1) is 0 Å². The van der Waals surface area contributed by atoms with E-state index in [0.29, 0.717) is 6.04 Å². The van der Waals surface area contributed by atoms with E-state index in [2.05, 4.69) is 62.6 Å². The topological polar surface area (TPSA) is 23.6 Å². The van der Waals surface area contributed by atoms with Crippen molar-refractivity contribution in [2.45, 2.75) is 40.7 Å². The molecule has 1 fully saturated rings. The van der Waals surface area contributed by atoms with Crippen LogP contribution in [0.2, 0.25) is 0 Å². The first-order valence-corrected chi connectivity index (χ1v) is 9.53. The first kappa shape index (κ1) is 18.7. The molecule has 1 unspecified atom stereocenters. The van der Waals surface area contributed by atoms with Crippen LogP contribution in [-0.4, -0.2) is 37.4 Å². The molecule has 3 heteroatoms. The third-order valence-electron chi connectivity index (χ3n) is 5.70. The van der Waals surface area contributed by atoms with Crippen LogP contribution >= 0.6 is 0 Å². The van der Waals surface area contributed by atoms with Crippen molar-refractivity contribution < 1.29 is 4.79 Å². The van der Waals surface area contributed by atoms with Gasteiger partial charge >= 0.3 is 0 Å². The summed E-state index contributed by atoms with van der Waals surface area (Å²) in [5, 5.41) is 0. The van der Waals surface area contributed by atoms with Gasteiger partial charge in [-0.05, 0) is 69.0 Å². The molecule has 1 heterocycles. The number of hydrogen-bond acceptors (Lipinski definition) is 3. The second-order valence-electron chi connectivity index (χ2n) is 7.68. The number of aldehydes is 1. The van der Waals surface area contributed by atoms with Gasteiger partial charge in [0, 0.05) is 43.5 Å². The molecule has 0 aromatic heterocycles. The molecule has 138 valence electrons. The number of rotatable bonds is 4. The van der Waals surface area contributed by atoms with Gasteiger partial charge in [-0.3, -0.25) is 9.69 Å². The molecular formula is C23H30N2O. The second-order valence-corrected chi connectivity index (χ2v) is 7.68. The summed E-state index contributed by atoms with van der Waals surface area (Å²) in [6, 6.07) is 11.2. The lowest BCUT2D eigenvalue weighted by molar-refractivity contribution is 0.112. The molecular weight excluding hydrogens is 320 g/mol. The van der Waals surface area contributed by atoms with Gasteiger partial charge in [-0.15, -0.1) is 0 Å². The summed E-state index contributed by atoms with van der Waals surface area (Å²) in [5.74, 6) is 0. The predicted molar refractivity (Wildman–Crippen MR) is 109 cm³/mol. The molecule has 1 aliphatic rings. The summed E-state index contributed by atoms with van der Waals surface area (Å²) in [5.41, 5.74) is 8.61. The number of anilines is 1. The molecule has 0 spiro atoms. The maximum Gasteiger partial charge on any atom is 0.150 e. The molecule has 26 heavy (non-hydrogen) atoms. The fourth-order valence-electron chi connectivity index (χ4n) is 4.38. The third kappa shape index (κ3) is 3.68. The van der Waals surface area contributed by atoms with Crippen LogP contribution < -0.4 is 4.90 Å². The molecule has 1 aliphatic heterocycles. The Morgan fingerprint density at radius 1 is 0.885 bits per heavy atom. The maximum atomic E-state index is 11.1. The Kier molecular flexibility index (Phi) is 5.47. The summed E-state index contributed by atoms with van der Waals surface area (Å²) >= 11 is 0. The van der Waals surface area contributed by atoms with E-state index in [-0.39, 0.29) is 0 Å². The Morgan fingerprint density at radius 3 is 2.04 bits per heavy atom. The second kappa shape index (κ2) is 7.63. The van der Waals surface area contributed by atoms with Crippen molar-refractivity contribution in [2.75, 3.05) is 31.1 Å². The van der Waals surface area contributed by atoms with Crippen LogP contribution in [0, 0.1) is 27.7 Å². The van der Waals surface area contributed by atoms with E-state index in [1.54, 1.807) is 0 Å². The molecule has 0 saturated carbocycles. The largest absolute Gasteiger partial charge is 0.369 e. The van der Waals surface area contributed by atoms with Crippen molar-refractivity contribution in [3.63, 3.8) is 0 Å². The van der Waals surface area contributed by atoms with Crippen LogP contribution in [-0.2, 0) is 0 Å². The molecule has 0 N–H and O–H groups in total. The molecule has 3 rings (SSSR count). The highest BCUT2D eigenvalue weighted by Gasteiger charge is 2.24. The zero-order chi connectivity index (χ0) is 18.8. The molecule has 0 amide bonds. The van der Waals surface area contributed by atoms with Crippen molar-refractivity contribution in [1.82, 2.24) is 4.90 Å². The lowest BCUT2D eigenvalue weighted by atomic mass is 9.98. The third-order valence-corrected chi connectivity index (χ3v) is 5.70. The van der Waals surface area contributed by atoms with Crippen molar-refractivity contribution in [1.29, 1.82) is 0 Å². The Balaban J connectivity index is 1.72. The van der Waals surface area contributed by atoms with Gasteiger partial charge in [0.2, 0.25) is 0 Å². The summed E-state index contributed by atoms with van der Waals surface area (Å²) in [6.45, 7) is 15.1. The monoisotopic (exact) mass is 350 g/mol. The first-order valence-electron chi connectivity index (χ1n) is 9.53. The number of carbonyl (C=O) groups excluding carboxylic acids is 1. The molecule has 0 aliphatic carbocycles. The van der Waals surface area contributed by atoms with E-state index in [1.165, 1.54) is 33.5 Å². The molecule has 2 aromatic carbocycles. The lowest BCUT2D eigenvalue weighted by Gasteiger charge is -2.40. The van der Waals surface area contributed by atoms with Gasteiger partial charge in [0.15, 0.2) is 0 Å². The Labute approximate surface area is 157 Å². The zero-order valence-electron chi connectivity index (χ0n) is 16.7. The SMILES string of the molecule is Cc1ccc(C(C)N2CCN(c3c(C)cc(C=O)cc3C)CC2)c(C)c1. The normalized spacial score (nSPS) is 16.6. The number of nitrogens with zero attached hydrogens (tertiary/aromatic N) is 2. The average Bonchev–Trinajstić information content (AvgIpc) is 2.61. The van der Waals surface area contributed by atoms with Crippen LogP contribution in [0.25, 0.3) is 0 Å². The van der Waals surface area contributed by atoms with Crippen LogP contribution in [0.1, 0.15) is 51.1 Å². The fraction of sp³-hybridized carbons (Fsp3) is 0.435. The minimum atomic E-state index is 0.442. The van der Waals surface area contributed by atoms with Crippen LogP contribution in [0.15, 0.2) is 30.3 Å². The van der Waals surface area contributed by atoms with Crippen molar-refractivity contribution in [3.05, 3.63) is 63.7 Å². The highest BCUT2D eigenvalue weighted by Crippen LogP contribution is 2.30. The van der Waals surface area contributed by atoms with Crippen LogP contribution in [0.4, 0.5) is 5.69 Å². The van der Waals surface area contributed by atoms with E-state index in [4.69, 9.17) is 0 Å². The number of carbonyl (C=O) groups is 1. The van der Waals surface area contributed by atoms with Gasteiger partial charge < -0.3 is 4.90 Å². The fourth-order valence-corrected chi connectivity index (χ4v) is 4.38. The van der Waals surface area contributed by atoms with E-state index in [0.717, 1.165) is 38.0 Å². The predicted octanol–water partition coefficient (Wildman–Crippen LogP) is 4.62. The highest BCUT2D eigenvalue weighted by molar-refractivity contribution is 5.78. The summed E-state index contributed by atoms with van der Waals surface area (Å²) in [7, 11) is 0. The van der Waals surface area contributed by atoms with Gasteiger partial charge in [0.1, 0.15) is 6.29 Å². The summed E-state index contributed by atoms with van der Waals surface area (Å²) in [4.78, 5) is 16.1. The first-order chi connectivity index (χ1) is 12.4. The molecule has 1 atom stereocenters. The highest BCUT2D eigenvalue weighted by atomic mass is 16.1. The molecule has 0 bridgehead atoms. The van der Waals surface area contributed by atoms with Crippen LogP contribution in [0.5, 0.6) is 0 Å². The minimum absolute atomic E-state index is 0.442. The van der Waals surface area contributed by atoms with Crippen LogP contribution in [0.3, 0.4) is 0 Å². The van der Waals surface area contributed by atoms with E-state index >= 15 is 0 Å². The van der Waals surface area contributed by atoms with Crippen molar-refractivity contribution >= 4 is 12.0 Å². The molecule has 0 radical (unpaired) electrons. The van der Waals surface area contributed by atoms with Gasteiger partial charge in [-0.25, -0.2) is 0 Å². The van der Waals surface area contributed by atoms with E-state index in [1.807, 2.05) is 12.1 Å². The number of benzene rings is 2. The Hall–Kier alpha value is -2.13. The number of piperazine rings is 1. The zero-order valence-corrected chi connectivity index (χ0v) is 16.7.